The maximum atomic E-state index is 14.9. The standard InChI is InChI=1S/C19H13FN2/c20-18-15-7-3-4-8-16(15)22-19(21)17(18)14-10-9-12-5-1-2-6-13(12)11-14/h1-11H,(H2,21,22). The molecule has 1 aromatic heterocycles. The molecule has 0 bridgehead atoms. The molecule has 0 unspecified atom stereocenters. The van der Waals surface area contributed by atoms with E-state index in [1.807, 2.05) is 48.5 Å². The van der Waals surface area contributed by atoms with E-state index in [1.54, 1.807) is 18.2 Å². The van der Waals surface area contributed by atoms with Crippen LogP contribution in [-0.4, -0.2) is 4.98 Å². The first-order valence-corrected chi connectivity index (χ1v) is 7.07. The van der Waals surface area contributed by atoms with E-state index in [0.717, 1.165) is 16.3 Å². The van der Waals surface area contributed by atoms with Crippen LogP contribution in [0.3, 0.4) is 0 Å². The average Bonchev–Trinajstić information content (AvgIpc) is 2.55. The van der Waals surface area contributed by atoms with Crippen molar-refractivity contribution in [3.05, 3.63) is 72.5 Å². The van der Waals surface area contributed by atoms with E-state index in [4.69, 9.17) is 5.73 Å². The van der Waals surface area contributed by atoms with Crippen LogP contribution in [0.15, 0.2) is 66.7 Å². The summed E-state index contributed by atoms with van der Waals surface area (Å²) in [6, 6.07) is 20.9. The molecule has 0 aliphatic rings. The average molecular weight is 288 g/mol. The molecule has 2 N–H and O–H groups in total. The van der Waals surface area contributed by atoms with E-state index in [1.165, 1.54) is 0 Å². The molecule has 0 spiro atoms. The molecule has 2 nitrogen and oxygen atoms in total. The summed E-state index contributed by atoms with van der Waals surface area (Å²) in [5.41, 5.74) is 7.69. The lowest BCUT2D eigenvalue weighted by Gasteiger charge is -2.10. The maximum absolute atomic E-state index is 14.9. The minimum absolute atomic E-state index is 0.214. The van der Waals surface area contributed by atoms with Gasteiger partial charge in [0.2, 0.25) is 0 Å². The van der Waals surface area contributed by atoms with Gasteiger partial charge >= 0.3 is 0 Å². The maximum Gasteiger partial charge on any atom is 0.144 e. The number of rotatable bonds is 1. The lowest BCUT2D eigenvalue weighted by molar-refractivity contribution is 0.642. The van der Waals surface area contributed by atoms with Crippen LogP contribution in [0.5, 0.6) is 0 Å². The van der Waals surface area contributed by atoms with Crippen molar-refractivity contribution in [3.63, 3.8) is 0 Å². The number of hydrogen-bond acceptors (Lipinski definition) is 2. The van der Waals surface area contributed by atoms with Gasteiger partial charge in [0.15, 0.2) is 0 Å². The molecule has 0 amide bonds. The Morgan fingerprint density at radius 1 is 0.818 bits per heavy atom. The van der Waals surface area contributed by atoms with Crippen molar-refractivity contribution in [2.24, 2.45) is 0 Å². The molecule has 0 aliphatic carbocycles. The number of halogens is 1. The number of para-hydroxylation sites is 1. The smallest absolute Gasteiger partial charge is 0.144 e. The Labute approximate surface area is 127 Å². The quantitative estimate of drug-likeness (QED) is 0.547. The number of benzene rings is 3. The summed E-state index contributed by atoms with van der Waals surface area (Å²) in [7, 11) is 0. The summed E-state index contributed by atoms with van der Waals surface area (Å²) >= 11 is 0. The van der Waals surface area contributed by atoms with E-state index >= 15 is 0 Å². The van der Waals surface area contributed by atoms with Crippen LogP contribution < -0.4 is 5.73 Å². The number of nitrogens with zero attached hydrogens (tertiary/aromatic N) is 1. The van der Waals surface area contributed by atoms with Crippen LogP contribution >= 0.6 is 0 Å². The van der Waals surface area contributed by atoms with Crippen molar-refractivity contribution in [1.29, 1.82) is 0 Å². The largest absolute Gasteiger partial charge is 0.383 e. The summed E-state index contributed by atoms with van der Waals surface area (Å²) in [6.07, 6.45) is 0. The molecule has 1 heterocycles. The van der Waals surface area contributed by atoms with Crippen LogP contribution in [0.25, 0.3) is 32.8 Å². The minimum Gasteiger partial charge on any atom is -0.383 e. The van der Waals surface area contributed by atoms with Crippen molar-refractivity contribution < 1.29 is 4.39 Å². The molecule has 0 saturated carbocycles. The van der Waals surface area contributed by atoms with Gasteiger partial charge in [-0.15, -0.1) is 0 Å². The number of nitrogen functional groups attached to an aromatic ring is 1. The van der Waals surface area contributed by atoms with Gasteiger partial charge in [0, 0.05) is 5.39 Å². The SMILES string of the molecule is Nc1nc2ccccc2c(F)c1-c1ccc2ccccc2c1. The summed E-state index contributed by atoms with van der Waals surface area (Å²) in [6.45, 7) is 0. The van der Waals surface area contributed by atoms with Gasteiger partial charge < -0.3 is 5.73 Å². The third kappa shape index (κ3) is 1.91. The molecule has 0 fully saturated rings. The molecule has 3 aromatic carbocycles. The first-order valence-electron chi connectivity index (χ1n) is 7.07. The highest BCUT2D eigenvalue weighted by Crippen LogP contribution is 2.33. The van der Waals surface area contributed by atoms with Crippen LogP contribution in [-0.2, 0) is 0 Å². The van der Waals surface area contributed by atoms with Gasteiger partial charge in [-0.25, -0.2) is 9.37 Å². The highest BCUT2D eigenvalue weighted by molar-refractivity contribution is 5.93. The summed E-state index contributed by atoms with van der Waals surface area (Å²) in [5.74, 6) is -0.107. The molecular weight excluding hydrogens is 275 g/mol. The second-order valence-corrected chi connectivity index (χ2v) is 5.27. The number of hydrogen-bond donors (Lipinski definition) is 1. The van der Waals surface area contributed by atoms with Crippen molar-refractivity contribution >= 4 is 27.5 Å². The van der Waals surface area contributed by atoms with E-state index in [2.05, 4.69) is 4.98 Å². The zero-order valence-corrected chi connectivity index (χ0v) is 11.8. The second-order valence-electron chi connectivity index (χ2n) is 5.27. The first kappa shape index (κ1) is 12.8. The molecule has 0 radical (unpaired) electrons. The molecule has 0 saturated heterocycles. The molecule has 0 atom stereocenters. The summed E-state index contributed by atoms with van der Waals surface area (Å²) < 4.78 is 14.9. The first-order chi connectivity index (χ1) is 10.7. The molecule has 3 heteroatoms. The number of anilines is 1. The molecule has 4 aromatic rings. The molecular formula is C19H13FN2. The highest BCUT2D eigenvalue weighted by atomic mass is 19.1. The van der Waals surface area contributed by atoms with Gasteiger partial charge in [-0.2, -0.15) is 0 Å². The third-order valence-electron chi connectivity index (χ3n) is 3.90. The molecule has 22 heavy (non-hydrogen) atoms. The number of aromatic nitrogens is 1. The number of fused-ring (bicyclic) bond motifs is 2. The van der Waals surface area contributed by atoms with E-state index in [0.29, 0.717) is 16.5 Å². The summed E-state index contributed by atoms with van der Waals surface area (Å²) in [4.78, 5) is 4.33. The van der Waals surface area contributed by atoms with Gasteiger partial charge in [-0.3, -0.25) is 0 Å². The van der Waals surface area contributed by atoms with Gasteiger partial charge in [0.1, 0.15) is 11.6 Å². The zero-order chi connectivity index (χ0) is 15.1. The Hall–Kier alpha value is -2.94. The fraction of sp³-hybridized carbons (Fsp3) is 0. The number of pyridine rings is 1. The predicted molar refractivity (Wildman–Crippen MR) is 89.1 cm³/mol. The lowest BCUT2D eigenvalue weighted by Crippen LogP contribution is -1.99. The highest BCUT2D eigenvalue weighted by Gasteiger charge is 2.15. The van der Waals surface area contributed by atoms with Crippen LogP contribution in [0.2, 0.25) is 0 Å². The summed E-state index contributed by atoms with van der Waals surface area (Å²) in [5, 5.41) is 2.64. The van der Waals surface area contributed by atoms with Crippen molar-refractivity contribution in [1.82, 2.24) is 4.98 Å². The Morgan fingerprint density at radius 2 is 1.55 bits per heavy atom. The topological polar surface area (TPSA) is 38.9 Å². The monoisotopic (exact) mass is 288 g/mol. The van der Waals surface area contributed by atoms with Gasteiger partial charge in [-0.1, -0.05) is 48.5 Å². The van der Waals surface area contributed by atoms with Gasteiger partial charge in [0.05, 0.1) is 11.1 Å². The van der Waals surface area contributed by atoms with Gasteiger partial charge in [0.25, 0.3) is 0 Å². The fourth-order valence-corrected chi connectivity index (χ4v) is 2.81. The molecule has 106 valence electrons. The van der Waals surface area contributed by atoms with Crippen molar-refractivity contribution in [2.45, 2.75) is 0 Å². The van der Waals surface area contributed by atoms with Crippen molar-refractivity contribution in [2.75, 3.05) is 5.73 Å². The fourth-order valence-electron chi connectivity index (χ4n) is 2.81. The number of nitrogens with two attached hydrogens (primary N) is 1. The van der Waals surface area contributed by atoms with Crippen LogP contribution in [0.1, 0.15) is 0 Å². The van der Waals surface area contributed by atoms with E-state index in [-0.39, 0.29) is 11.6 Å². The van der Waals surface area contributed by atoms with Crippen LogP contribution in [0.4, 0.5) is 10.2 Å². The predicted octanol–water partition coefficient (Wildman–Crippen LogP) is 4.78. The molecule has 0 aliphatic heterocycles. The third-order valence-corrected chi connectivity index (χ3v) is 3.90. The zero-order valence-electron chi connectivity index (χ0n) is 11.8. The molecule has 4 rings (SSSR count). The van der Waals surface area contributed by atoms with Crippen molar-refractivity contribution in [3.8, 4) is 11.1 Å². The van der Waals surface area contributed by atoms with Crippen LogP contribution in [0, 0.1) is 5.82 Å². The van der Waals surface area contributed by atoms with E-state index < -0.39 is 0 Å². The Bertz CT molecular complexity index is 1010. The Balaban J connectivity index is 2.03. The minimum atomic E-state index is -0.321. The Kier molecular flexibility index (Phi) is 2.79. The van der Waals surface area contributed by atoms with E-state index in [9.17, 15) is 4.39 Å². The second kappa shape index (κ2) is 4.81. The Morgan fingerprint density at radius 3 is 2.41 bits per heavy atom. The van der Waals surface area contributed by atoms with Gasteiger partial charge in [-0.05, 0) is 34.5 Å². The normalized spacial score (nSPS) is 11.1. The lowest BCUT2D eigenvalue weighted by atomic mass is 10.00.